The number of benzene rings is 4. The van der Waals surface area contributed by atoms with Crippen molar-refractivity contribution in [2.45, 2.75) is 145 Å². The van der Waals surface area contributed by atoms with Crippen LogP contribution in [0.1, 0.15) is 81.8 Å². The van der Waals surface area contributed by atoms with Gasteiger partial charge in [-0.1, -0.05) is 99.5 Å². The smallest absolute Gasteiger partial charge is 0.251 e. The van der Waals surface area contributed by atoms with E-state index in [0.29, 0.717) is 11.1 Å². The van der Waals surface area contributed by atoms with Crippen LogP contribution in [0.25, 0.3) is 22.3 Å². The van der Waals surface area contributed by atoms with Crippen molar-refractivity contribution in [1.82, 2.24) is 36.4 Å². The summed E-state index contributed by atoms with van der Waals surface area (Å²) in [6, 6.07) is 14.9. The van der Waals surface area contributed by atoms with Gasteiger partial charge in [0, 0.05) is 37.4 Å². The second-order valence-electron chi connectivity index (χ2n) is 24.1. The summed E-state index contributed by atoms with van der Waals surface area (Å²) in [5.41, 5.74) is 3.43. The summed E-state index contributed by atoms with van der Waals surface area (Å²) < 4.78 is 12.3. The average Bonchev–Trinajstić information content (AvgIpc) is 2.08. The molecule has 0 saturated carbocycles. The van der Waals surface area contributed by atoms with Crippen LogP contribution < -0.4 is 36.4 Å². The van der Waals surface area contributed by atoms with Crippen molar-refractivity contribution in [3.05, 3.63) is 108 Å². The molecule has 12 N–H and O–H groups in total. The molecule has 4 aromatic rings. The Morgan fingerprint density at radius 3 is 1.75 bits per heavy atom. The summed E-state index contributed by atoms with van der Waals surface area (Å²) in [4.78, 5) is 104. The highest BCUT2D eigenvalue weighted by Gasteiger charge is 2.50. The van der Waals surface area contributed by atoms with Gasteiger partial charge in [-0.05, 0) is 72.4 Å². The molecule has 478 valence electrons. The van der Waals surface area contributed by atoms with Crippen LogP contribution in [0, 0.1) is 5.92 Å². The second-order valence-corrected chi connectivity index (χ2v) is 24.1. The van der Waals surface area contributed by atoms with Crippen molar-refractivity contribution in [3.63, 3.8) is 0 Å². The molecule has 15 atom stereocenters. The van der Waals surface area contributed by atoms with Gasteiger partial charge in [0.2, 0.25) is 35.4 Å². The third kappa shape index (κ3) is 17.2. The predicted octanol–water partition coefficient (Wildman–Crippen LogP) is -0.829. The first-order chi connectivity index (χ1) is 41.6. The maximum absolute atomic E-state index is 14.8. The number of carbonyl (C=O) groups excluding carboxylic acids is 7. The monoisotopic (exact) mass is 1220 g/mol. The highest BCUT2D eigenvalue weighted by atomic mass is 16.5. The van der Waals surface area contributed by atoms with Gasteiger partial charge in [0.05, 0.1) is 58.8 Å². The molecular formula is C63H84N8O17. The molecule has 3 saturated heterocycles. The Bertz CT molecular complexity index is 3040. The van der Waals surface area contributed by atoms with Crippen molar-refractivity contribution in [1.29, 1.82) is 0 Å². The van der Waals surface area contributed by atoms with E-state index in [4.69, 9.17) is 9.47 Å². The van der Waals surface area contributed by atoms with E-state index in [9.17, 15) is 74.4 Å². The fourth-order valence-corrected chi connectivity index (χ4v) is 10.8. The van der Waals surface area contributed by atoms with Gasteiger partial charge in [-0.2, -0.15) is 0 Å². The molecule has 1 unspecified atom stereocenters. The Labute approximate surface area is 511 Å². The Morgan fingerprint density at radius 2 is 1.19 bits per heavy atom. The second kappa shape index (κ2) is 30.1. The van der Waals surface area contributed by atoms with Crippen molar-refractivity contribution < 1.29 is 88.4 Å². The van der Waals surface area contributed by atoms with Crippen LogP contribution >= 0.6 is 0 Å². The fraction of sp³-hybridized carbons (Fsp3) is 0.508. The van der Waals surface area contributed by atoms with Crippen LogP contribution in [-0.2, 0) is 33.5 Å². The van der Waals surface area contributed by atoms with Crippen molar-refractivity contribution in [2.24, 2.45) is 5.92 Å². The number of carbonyl (C=O) groups is 7. The van der Waals surface area contributed by atoms with Gasteiger partial charge < -0.3 is 91.2 Å². The van der Waals surface area contributed by atoms with E-state index in [0.717, 1.165) is 95.2 Å². The van der Waals surface area contributed by atoms with Crippen molar-refractivity contribution >= 4 is 41.4 Å². The van der Waals surface area contributed by atoms with Gasteiger partial charge in [0.25, 0.3) is 5.91 Å². The Kier molecular flexibility index (Phi) is 23.2. The fourth-order valence-electron chi connectivity index (χ4n) is 10.8. The zero-order chi connectivity index (χ0) is 64.3. The summed E-state index contributed by atoms with van der Waals surface area (Å²) in [5.74, 6) is -8.54. The quantitative estimate of drug-likeness (QED) is 0.0427. The van der Waals surface area contributed by atoms with Crippen LogP contribution in [0.15, 0.2) is 97.1 Å². The summed E-state index contributed by atoms with van der Waals surface area (Å²) in [6.07, 6.45) is -12.7. The number of aliphatic hydroxyl groups is 7. The molecule has 0 aliphatic carbocycles. The maximum atomic E-state index is 14.8. The Hall–Kier alpha value is -7.59. The van der Waals surface area contributed by atoms with Crippen LogP contribution in [0.5, 0.6) is 11.5 Å². The molecule has 7 amide bonds. The number of quaternary nitrogens is 1. The molecule has 3 heterocycles. The van der Waals surface area contributed by atoms with Gasteiger partial charge in [-0.3, -0.25) is 33.6 Å². The first-order valence-electron chi connectivity index (χ1n) is 29.7. The SMILES string of the molecule is CCCCCOc1ccc(-c2ccc(-c3ccc(C(=O)N[C@H]4C[C@@H](O)C(OCC[N+](C)(C)C)NC(=O)[C@@H]5[C@@H](O)[C@@H](C)CN5C(=O)[C@H]([C@@H](C)O)NC(=O)[C@H]([C@H](O)[C@@H](O)c5ccc([O-])cc5)NC(=O)[C@@H]5C[C@@H](O)CN5C(=O)[C@H]([C@@H](C)O)NC4=O)cc3)cc2)cc1. The lowest BCUT2D eigenvalue weighted by atomic mass is 9.96. The molecule has 0 bridgehead atoms. The highest BCUT2D eigenvalue weighted by molar-refractivity contribution is 6.00. The molecule has 88 heavy (non-hydrogen) atoms. The first kappa shape index (κ1) is 67.9. The van der Waals surface area contributed by atoms with Gasteiger partial charge in [-0.25, -0.2) is 0 Å². The van der Waals surface area contributed by atoms with Crippen molar-refractivity contribution in [3.8, 4) is 33.8 Å². The van der Waals surface area contributed by atoms with E-state index in [1.54, 1.807) is 12.1 Å². The first-order valence-corrected chi connectivity index (χ1v) is 29.7. The molecule has 3 aliphatic rings. The largest absolute Gasteiger partial charge is 0.872 e. The molecule has 3 aliphatic heterocycles. The third-order valence-electron chi connectivity index (χ3n) is 16.1. The van der Waals surface area contributed by atoms with E-state index in [2.05, 4.69) is 33.5 Å². The zero-order valence-electron chi connectivity index (χ0n) is 50.5. The Morgan fingerprint density at radius 1 is 0.659 bits per heavy atom. The van der Waals surface area contributed by atoms with Crippen LogP contribution in [0.3, 0.4) is 0 Å². The topological polar surface area (TPSA) is 369 Å². The predicted molar refractivity (Wildman–Crippen MR) is 318 cm³/mol. The number of aliphatic hydroxyl groups excluding tert-OH is 7. The van der Waals surface area contributed by atoms with Crippen LogP contribution in [-0.4, -0.2) is 224 Å². The number of fused-ring (bicyclic) bond motifs is 2. The number of unbranched alkanes of at least 4 members (excludes halogenated alkanes) is 2. The number of ether oxygens (including phenoxy) is 2. The maximum Gasteiger partial charge on any atom is 0.251 e. The number of amides is 7. The molecule has 4 aromatic carbocycles. The molecule has 0 radical (unpaired) electrons. The van der Waals surface area contributed by atoms with Crippen LogP contribution in [0.2, 0.25) is 0 Å². The van der Waals surface area contributed by atoms with Gasteiger partial charge >= 0.3 is 0 Å². The highest BCUT2D eigenvalue weighted by Crippen LogP contribution is 2.30. The summed E-state index contributed by atoms with van der Waals surface area (Å²) in [7, 11) is 5.52. The molecule has 0 spiro atoms. The number of nitrogens with zero attached hydrogens (tertiary/aromatic N) is 3. The minimum atomic E-state index is -2.31. The lowest BCUT2D eigenvalue weighted by molar-refractivity contribution is -0.870. The normalized spacial score (nSPS) is 26.7. The van der Waals surface area contributed by atoms with Gasteiger partial charge in [-0.15, -0.1) is 5.75 Å². The minimum absolute atomic E-state index is 0.0445. The third-order valence-corrected chi connectivity index (χ3v) is 16.1. The number of hydrogen-bond acceptors (Lipinski definition) is 17. The number of hydrogen-bond donors (Lipinski definition) is 12. The van der Waals surface area contributed by atoms with E-state index in [1.165, 1.54) is 19.1 Å². The Balaban J connectivity index is 1.23. The van der Waals surface area contributed by atoms with Gasteiger partial charge in [0.15, 0.2) is 6.23 Å². The zero-order valence-corrected chi connectivity index (χ0v) is 50.5. The van der Waals surface area contributed by atoms with Crippen molar-refractivity contribution in [2.75, 3.05) is 54.0 Å². The number of rotatable bonds is 18. The van der Waals surface area contributed by atoms with E-state index < -0.39 is 158 Å². The summed E-state index contributed by atoms with van der Waals surface area (Å²) >= 11 is 0. The molecule has 25 nitrogen and oxygen atoms in total. The average molecular weight is 1230 g/mol. The van der Waals surface area contributed by atoms with E-state index >= 15 is 0 Å². The number of nitrogens with one attached hydrogen (secondary N) is 5. The molecular weight excluding hydrogens is 1140 g/mol. The molecule has 25 heteroatoms. The lowest BCUT2D eigenvalue weighted by Gasteiger charge is -2.34. The van der Waals surface area contributed by atoms with E-state index in [1.807, 2.05) is 69.7 Å². The van der Waals surface area contributed by atoms with Gasteiger partial charge in [0.1, 0.15) is 66.9 Å². The minimum Gasteiger partial charge on any atom is -0.872 e. The van der Waals surface area contributed by atoms with E-state index in [-0.39, 0.29) is 30.8 Å². The number of likely N-dealkylation sites (N-methyl/N-ethyl adjacent to an activating group) is 1. The molecule has 3 fully saturated rings. The summed E-state index contributed by atoms with van der Waals surface area (Å²) in [5, 5.41) is 104. The van der Waals surface area contributed by atoms with Crippen LogP contribution in [0.4, 0.5) is 0 Å². The summed E-state index contributed by atoms with van der Waals surface area (Å²) in [6.45, 7) is 5.77. The molecule has 0 aromatic heterocycles. The standard InChI is InChI=1S/C63H84N8O17/c1-8-9-10-28-87-45-25-21-40(22-26-45)38-13-11-37(12-14-38)39-15-17-42(18-16-39)56(80)64-46-31-48(76)61(88-29-27-71(5,6)7)68-60(84)52-53(77)34(2)32-70(52)63(86)50(36(4)73)66-59(83)51(55(79)54(78)41-19-23-43(74)24-20-41)67-58(82)47-30-44(75)33-69(47)62(85)49(35(3)72)65-57(46)81/h11-26,34-36,44,46-55,61,72-73,75-79H,8-10,27-33H2,1-7H3,(H5-,64,65,66,67,68,74,80,81,82,83,84)/t34-,35+,36+,44+,46-,47-,48+,49-,50-,51-,52-,53-,54-,55-,61?/m0/s1. The molecule has 7 rings (SSSR count). The lowest BCUT2D eigenvalue weighted by Crippen LogP contribution is -2.64.